The fourth-order valence-corrected chi connectivity index (χ4v) is 4.17. The van der Waals surface area contributed by atoms with Gasteiger partial charge in [-0.1, -0.05) is 36.8 Å². The second kappa shape index (κ2) is 6.38. The number of aryl methyl sites for hydroxylation is 1. The highest BCUT2D eigenvalue weighted by molar-refractivity contribution is 5.94. The van der Waals surface area contributed by atoms with E-state index in [1.165, 1.54) is 11.6 Å². The van der Waals surface area contributed by atoms with E-state index in [-0.39, 0.29) is 12.1 Å². The number of alkyl halides is 3. The van der Waals surface area contributed by atoms with Crippen molar-refractivity contribution in [1.82, 2.24) is 4.57 Å². The van der Waals surface area contributed by atoms with Crippen LogP contribution >= 0.6 is 0 Å². The van der Waals surface area contributed by atoms with Gasteiger partial charge in [0.25, 0.3) is 0 Å². The number of hydrogen-bond donors (Lipinski definition) is 1. The molecule has 0 aliphatic heterocycles. The van der Waals surface area contributed by atoms with Crippen molar-refractivity contribution in [3.63, 3.8) is 0 Å². The molecule has 0 fully saturated rings. The first-order valence-corrected chi connectivity index (χ1v) is 9.00. The third kappa shape index (κ3) is 2.85. The topological polar surface area (TPSA) is 30.9 Å². The normalized spacial score (nSPS) is 15.0. The van der Waals surface area contributed by atoms with Gasteiger partial charge in [0.2, 0.25) is 0 Å². The van der Waals surface area contributed by atoms with Gasteiger partial charge in [-0.2, -0.15) is 13.2 Å². The SMILES string of the molecule is Nc1cccc2c3c(n(Cc4ccccc4C(F)(F)F)c12)CCCCC3. The summed E-state index contributed by atoms with van der Waals surface area (Å²) in [5.41, 5.74) is 9.86. The Morgan fingerprint density at radius 3 is 2.50 bits per heavy atom. The molecule has 2 aromatic carbocycles. The van der Waals surface area contributed by atoms with E-state index in [1.54, 1.807) is 12.1 Å². The van der Waals surface area contributed by atoms with Crippen LogP contribution in [0.25, 0.3) is 10.9 Å². The van der Waals surface area contributed by atoms with E-state index in [1.807, 2.05) is 22.8 Å². The third-order valence-electron chi connectivity index (χ3n) is 5.33. The molecule has 1 aliphatic carbocycles. The lowest BCUT2D eigenvalue weighted by Gasteiger charge is -2.16. The number of halogens is 3. The standard InChI is InChI=1S/C21H21F3N2/c22-21(23,24)17-10-5-4-7-14(17)13-26-19-12-3-1-2-8-15(19)16-9-6-11-18(25)20(16)26/h4-7,9-11H,1-3,8,12-13,25H2. The average molecular weight is 358 g/mol. The minimum Gasteiger partial charge on any atom is -0.397 e. The smallest absolute Gasteiger partial charge is 0.397 e. The number of benzene rings is 2. The monoisotopic (exact) mass is 358 g/mol. The summed E-state index contributed by atoms with van der Waals surface area (Å²) in [4.78, 5) is 0. The highest BCUT2D eigenvalue weighted by atomic mass is 19.4. The Hall–Kier alpha value is -2.43. The molecule has 5 heteroatoms. The largest absolute Gasteiger partial charge is 0.416 e. The van der Waals surface area contributed by atoms with E-state index in [9.17, 15) is 13.2 Å². The molecule has 4 rings (SSSR count). The molecule has 0 radical (unpaired) electrons. The highest BCUT2D eigenvalue weighted by Crippen LogP contribution is 2.37. The van der Waals surface area contributed by atoms with E-state index in [0.717, 1.165) is 54.8 Å². The lowest BCUT2D eigenvalue weighted by atomic mass is 10.1. The Bertz CT molecular complexity index is 954. The Kier molecular flexibility index (Phi) is 4.17. The molecule has 1 aliphatic rings. The average Bonchev–Trinajstić information content (AvgIpc) is 2.75. The van der Waals surface area contributed by atoms with Crippen molar-refractivity contribution in [3.8, 4) is 0 Å². The number of anilines is 1. The van der Waals surface area contributed by atoms with Gasteiger partial charge in [0.05, 0.1) is 16.8 Å². The van der Waals surface area contributed by atoms with Gasteiger partial charge in [-0.3, -0.25) is 0 Å². The summed E-state index contributed by atoms with van der Waals surface area (Å²) in [7, 11) is 0. The van der Waals surface area contributed by atoms with Crippen LogP contribution in [0.4, 0.5) is 18.9 Å². The molecule has 0 saturated heterocycles. The minimum absolute atomic E-state index is 0.190. The van der Waals surface area contributed by atoms with Crippen LogP contribution in [0.1, 0.15) is 41.6 Å². The number of fused-ring (bicyclic) bond motifs is 3. The number of nitrogens with zero attached hydrogens (tertiary/aromatic N) is 1. The predicted molar refractivity (Wildman–Crippen MR) is 98.2 cm³/mol. The van der Waals surface area contributed by atoms with E-state index < -0.39 is 11.7 Å². The molecule has 0 atom stereocenters. The minimum atomic E-state index is -4.36. The van der Waals surface area contributed by atoms with Gasteiger partial charge >= 0.3 is 6.18 Å². The fourth-order valence-electron chi connectivity index (χ4n) is 4.17. The summed E-state index contributed by atoms with van der Waals surface area (Å²) in [6.07, 6.45) is 0.810. The fraction of sp³-hybridized carbons (Fsp3) is 0.333. The van der Waals surface area contributed by atoms with Gasteiger partial charge < -0.3 is 10.3 Å². The molecule has 0 unspecified atom stereocenters. The van der Waals surface area contributed by atoms with Gasteiger partial charge in [0, 0.05) is 17.6 Å². The van der Waals surface area contributed by atoms with Crippen LogP contribution in [0.5, 0.6) is 0 Å². The van der Waals surface area contributed by atoms with E-state index >= 15 is 0 Å². The summed E-state index contributed by atoms with van der Waals surface area (Å²) < 4.78 is 42.3. The number of nitrogens with two attached hydrogens (primary N) is 1. The first kappa shape index (κ1) is 17.0. The first-order valence-electron chi connectivity index (χ1n) is 9.00. The molecule has 0 saturated carbocycles. The van der Waals surface area contributed by atoms with Gasteiger partial charge in [0.1, 0.15) is 0 Å². The molecular formula is C21H21F3N2. The number of rotatable bonds is 2. The quantitative estimate of drug-likeness (QED) is 0.472. The second-order valence-electron chi connectivity index (χ2n) is 6.97. The van der Waals surface area contributed by atoms with Crippen molar-refractivity contribution in [1.29, 1.82) is 0 Å². The van der Waals surface area contributed by atoms with Crippen LogP contribution in [-0.2, 0) is 25.6 Å². The Labute approximate surface area is 150 Å². The first-order chi connectivity index (χ1) is 12.5. The van der Waals surface area contributed by atoms with Crippen molar-refractivity contribution in [2.45, 2.75) is 44.8 Å². The van der Waals surface area contributed by atoms with Crippen molar-refractivity contribution in [2.75, 3.05) is 5.73 Å². The zero-order valence-corrected chi connectivity index (χ0v) is 14.4. The maximum Gasteiger partial charge on any atom is 0.416 e. The summed E-state index contributed by atoms with van der Waals surface area (Å²) in [6.45, 7) is 0.190. The molecule has 3 aromatic rings. The Morgan fingerprint density at radius 1 is 0.923 bits per heavy atom. The Morgan fingerprint density at radius 2 is 1.69 bits per heavy atom. The number of aromatic nitrogens is 1. The van der Waals surface area contributed by atoms with Crippen molar-refractivity contribution in [3.05, 3.63) is 64.8 Å². The van der Waals surface area contributed by atoms with Crippen molar-refractivity contribution >= 4 is 16.6 Å². The lowest BCUT2D eigenvalue weighted by molar-refractivity contribution is -0.138. The van der Waals surface area contributed by atoms with Gasteiger partial charge in [-0.25, -0.2) is 0 Å². The van der Waals surface area contributed by atoms with Crippen LogP contribution in [0, 0.1) is 0 Å². The molecule has 1 heterocycles. The van der Waals surface area contributed by atoms with Crippen LogP contribution in [-0.4, -0.2) is 4.57 Å². The molecular weight excluding hydrogens is 337 g/mol. The lowest BCUT2D eigenvalue weighted by Crippen LogP contribution is -2.13. The summed E-state index contributed by atoms with van der Waals surface area (Å²) in [6, 6.07) is 11.6. The third-order valence-corrected chi connectivity index (χ3v) is 5.33. The van der Waals surface area contributed by atoms with Gasteiger partial charge in [-0.05, 0) is 48.9 Å². The van der Waals surface area contributed by atoms with Crippen LogP contribution in [0.2, 0.25) is 0 Å². The predicted octanol–water partition coefficient (Wildman–Crippen LogP) is 5.56. The van der Waals surface area contributed by atoms with Crippen LogP contribution in [0.15, 0.2) is 42.5 Å². The molecule has 1 aromatic heterocycles. The summed E-state index contributed by atoms with van der Waals surface area (Å²) in [5, 5.41) is 1.09. The molecule has 0 bridgehead atoms. The van der Waals surface area contributed by atoms with E-state index in [0.29, 0.717) is 5.69 Å². The molecule has 0 amide bonds. The molecule has 26 heavy (non-hydrogen) atoms. The molecule has 136 valence electrons. The molecule has 0 spiro atoms. The second-order valence-corrected chi connectivity index (χ2v) is 6.97. The summed E-state index contributed by atoms with van der Waals surface area (Å²) >= 11 is 0. The highest BCUT2D eigenvalue weighted by Gasteiger charge is 2.33. The number of para-hydroxylation sites is 1. The van der Waals surface area contributed by atoms with Crippen molar-refractivity contribution in [2.24, 2.45) is 0 Å². The zero-order valence-electron chi connectivity index (χ0n) is 14.4. The zero-order chi connectivity index (χ0) is 18.3. The Balaban J connectivity index is 1.92. The maximum atomic E-state index is 13.4. The van der Waals surface area contributed by atoms with Crippen molar-refractivity contribution < 1.29 is 13.2 Å². The molecule has 2 nitrogen and oxygen atoms in total. The maximum absolute atomic E-state index is 13.4. The van der Waals surface area contributed by atoms with E-state index in [2.05, 4.69) is 0 Å². The van der Waals surface area contributed by atoms with Gasteiger partial charge in [0.15, 0.2) is 0 Å². The number of nitrogen functional groups attached to an aromatic ring is 1. The van der Waals surface area contributed by atoms with Gasteiger partial charge in [-0.15, -0.1) is 0 Å². The van der Waals surface area contributed by atoms with Crippen LogP contribution in [0.3, 0.4) is 0 Å². The van der Waals surface area contributed by atoms with Crippen LogP contribution < -0.4 is 5.73 Å². The molecule has 2 N–H and O–H groups in total. The van der Waals surface area contributed by atoms with E-state index in [4.69, 9.17) is 5.73 Å². The summed E-state index contributed by atoms with van der Waals surface area (Å²) in [5.74, 6) is 0. The number of hydrogen-bond acceptors (Lipinski definition) is 1.